The van der Waals surface area contributed by atoms with Crippen LogP contribution in [0, 0.1) is 0 Å². The molecule has 0 aromatic carbocycles. The number of halogens is 1. The summed E-state index contributed by atoms with van der Waals surface area (Å²) in [6, 6.07) is 0. The van der Waals surface area contributed by atoms with Crippen LogP contribution >= 0.6 is 11.6 Å². The molecule has 0 atom stereocenters. The Labute approximate surface area is 53.7 Å². The molecule has 0 aliphatic carbocycles. The quantitative estimate of drug-likeness (QED) is 0.411. The molecule has 46 valence electrons. The molecule has 0 N–H and O–H groups in total. The minimum Gasteiger partial charge on any atom is -0.383 e. The second kappa shape index (κ2) is 3.50. The molecule has 0 aliphatic heterocycles. The molecule has 2 nitrogen and oxygen atoms in total. The first kappa shape index (κ1) is 7.50. The van der Waals surface area contributed by atoms with Crippen molar-refractivity contribution in [2.75, 3.05) is 14.1 Å². The predicted octanol–water partition coefficient (Wildman–Crippen LogP) is 0.827. The highest BCUT2D eigenvalue weighted by Gasteiger charge is 1.82. The van der Waals surface area contributed by atoms with Crippen molar-refractivity contribution >= 4 is 16.8 Å². The van der Waals surface area contributed by atoms with Gasteiger partial charge in [0.05, 0.1) is 0 Å². The number of hydrogen-bond acceptors (Lipinski definition) is 2. The number of carbonyl (C=O) groups is 1. The average molecular weight is 134 g/mol. The van der Waals surface area contributed by atoms with Crippen molar-refractivity contribution < 1.29 is 4.79 Å². The molecule has 0 spiro atoms. The summed E-state index contributed by atoms with van der Waals surface area (Å²) >= 11 is 4.97. The number of allylic oxidation sites excluding steroid dienone is 1. The van der Waals surface area contributed by atoms with Gasteiger partial charge in [-0.1, -0.05) is 0 Å². The molecule has 0 amide bonds. The van der Waals surface area contributed by atoms with Crippen LogP contribution in [0.2, 0.25) is 0 Å². The summed E-state index contributed by atoms with van der Waals surface area (Å²) in [4.78, 5) is 11.7. The highest BCUT2D eigenvalue weighted by Crippen LogP contribution is 1.83. The van der Waals surface area contributed by atoms with E-state index in [1.54, 1.807) is 11.1 Å². The largest absolute Gasteiger partial charge is 0.383 e. The van der Waals surface area contributed by atoms with Gasteiger partial charge in [0.1, 0.15) is 0 Å². The Balaban J connectivity index is 3.50. The van der Waals surface area contributed by atoms with E-state index in [4.69, 9.17) is 11.6 Å². The van der Waals surface area contributed by atoms with E-state index in [0.29, 0.717) is 0 Å². The minimum atomic E-state index is -0.446. The maximum Gasteiger partial charge on any atom is 0.246 e. The number of hydrogen-bond donors (Lipinski definition) is 0. The van der Waals surface area contributed by atoms with Crippen molar-refractivity contribution in [1.82, 2.24) is 4.90 Å². The van der Waals surface area contributed by atoms with Crippen molar-refractivity contribution in [1.29, 1.82) is 0 Å². The summed E-state index contributed by atoms with van der Waals surface area (Å²) in [5.41, 5.74) is 0. The lowest BCUT2D eigenvalue weighted by molar-refractivity contribution is -0.107. The van der Waals surface area contributed by atoms with Crippen molar-refractivity contribution in [3.63, 3.8) is 0 Å². The van der Waals surface area contributed by atoms with Gasteiger partial charge in [-0.05, 0) is 11.6 Å². The van der Waals surface area contributed by atoms with Gasteiger partial charge < -0.3 is 4.90 Å². The molecule has 0 aromatic heterocycles. The molecule has 0 saturated carbocycles. The lowest BCUT2D eigenvalue weighted by atomic mass is 10.6. The fourth-order valence-corrected chi connectivity index (χ4v) is 0.264. The summed E-state index contributed by atoms with van der Waals surface area (Å²) in [5, 5.41) is -0.446. The smallest absolute Gasteiger partial charge is 0.246 e. The highest BCUT2D eigenvalue weighted by molar-refractivity contribution is 6.66. The monoisotopic (exact) mass is 133 g/mol. The molecule has 0 bridgehead atoms. The third-order valence-corrected chi connectivity index (χ3v) is 0.630. The van der Waals surface area contributed by atoms with Crippen molar-refractivity contribution in [3.05, 3.63) is 12.3 Å². The third kappa shape index (κ3) is 5.50. The summed E-state index contributed by atoms with van der Waals surface area (Å²) in [6.07, 6.45) is 2.89. The second-order valence-corrected chi connectivity index (χ2v) is 1.96. The number of carbonyl (C=O) groups excluding carboxylic acids is 1. The molecule has 0 rings (SSSR count). The van der Waals surface area contributed by atoms with Gasteiger partial charge in [-0.25, -0.2) is 0 Å². The van der Waals surface area contributed by atoms with E-state index in [0.717, 1.165) is 0 Å². The first-order valence-corrected chi connectivity index (χ1v) is 2.55. The van der Waals surface area contributed by atoms with E-state index >= 15 is 0 Å². The molecular formula is C5H8ClNO. The molecular weight excluding hydrogens is 126 g/mol. The first-order chi connectivity index (χ1) is 3.63. The Morgan fingerprint density at radius 1 is 1.62 bits per heavy atom. The summed E-state index contributed by atoms with van der Waals surface area (Å²) < 4.78 is 0. The van der Waals surface area contributed by atoms with Gasteiger partial charge in [-0.15, -0.1) is 0 Å². The van der Waals surface area contributed by atoms with Crippen LogP contribution in [0.15, 0.2) is 12.3 Å². The van der Waals surface area contributed by atoms with Gasteiger partial charge in [0.25, 0.3) is 0 Å². The molecule has 0 saturated heterocycles. The maximum absolute atomic E-state index is 10.0. The standard InChI is InChI=1S/C5H8ClNO/c1-7(2)4-3-5(6)8/h3-4H,1-2H3. The van der Waals surface area contributed by atoms with Crippen molar-refractivity contribution in [3.8, 4) is 0 Å². The molecule has 3 heteroatoms. The van der Waals surface area contributed by atoms with Gasteiger partial charge in [-0.3, -0.25) is 4.79 Å². The second-order valence-electron chi connectivity index (χ2n) is 1.58. The lowest BCUT2D eigenvalue weighted by Gasteiger charge is -2.00. The summed E-state index contributed by atoms with van der Waals surface area (Å²) in [5.74, 6) is 0. The van der Waals surface area contributed by atoms with Crippen LogP contribution in [-0.4, -0.2) is 24.2 Å². The van der Waals surface area contributed by atoms with E-state index in [1.165, 1.54) is 6.08 Å². The van der Waals surface area contributed by atoms with Crippen LogP contribution in [0.5, 0.6) is 0 Å². The Morgan fingerprint density at radius 3 is 2.25 bits per heavy atom. The molecule has 8 heavy (non-hydrogen) atoms. The molecule has 0 radical (unpaired) electrons. The number of rotatable bonds is 2. The normalized spacial score (nSPS) is 9.88. The first-order valence-electron chi connectivity index (χ1n) is 2.17. The third-order valence-electron chi connectivity index (χ3n) is 0.504. The Hall–Kier alpha value is -0.500. The van der Waals surface area contributed by atoms with Crippen molar-refractivity contribution in [2.45, 2.75) is 0 Å². The van der Waals surface area contributed by atoms with E-state index in [2.05, 4.69) is 0 Å². The van der Waals surface area contributed by atoms with Gasteiger partial charge in [0, 0.05) is 26.4 Å². The maximum atomic E-state index is 10.0. The van der Waals surface area contributed by atoms with Crippen LogP contribution in [0.4, 0.5) is 0 Å². The van der Waals surface area contributed by atoms with E-state index in [-0.39, 0.29) is 0 Å². The van der Waals surface area contributed by atoms with Crippen LogP contribution < -0.4 is 0 Å². The van der Waals surface area contributed by atoms with E-state index < -0.39 is 5.24 Å². The zero-order valence-corrected chi connectivity index (χ0v) is 5.64. The van der Waals surface area contributed by atoms with Crippen LogP contribution in [0.3, 0.4) is 0 Å². The fraction of sp³-hybridized carbons (Fsp3) is 0.400. The molecule has 0 fully saturated rings. The lowest BCUT2D eigenvalue weighted by Crippen LogP contribution is -2.00. The van der Waals surface area contributed by atoms with E-state index in [9.17, 15) is 4.79 Å². The Bertz CT molecular complexity index is 109. The molecule has 0 heterocycles. The summed E-state index contributed by atoms with van der Waals surface area (Å²) in [7, 11) is 3.63. The van der Waals surface area contributed by atoms with E-state index in [1.807, 2.05) is 14.1 Å². The van der Waals surface area contributed by atoms with Crippen LogP contribution in [-0.2, 0) is 4.79 Å². The van der Waals surface area contributed by atoms with Crippen LogP contribution in [0.1, 0.15) is 0 Å². The van der Waals surface area contributed by atoms with Gasteiger partial charge in [0.15, 0.2) is 0 Å². The van der Waals surface area contributed by atoms with Crippen molar-refractivity contribution in [2.24, 2.45) is 0 Å². The number of nitrogens with zero attached hydrogens (tertiary/aromatic N) is 1. The van der Waals surface area contributed by atoms with Crippen LogP contribution in [0.25, 0.3) is 0 Å². The van der Waals surface area contributed by atoms with Gasteiger partial charge in [0.2, 0.25) is 5.24 Å². The zero-order valence-electron chi connectivity index (χ0n) is 4.89. The summed E-state index contributed by atoms with van der Waals surface area (Å²) in [6.45, 7) is 0. The fourth-order valence-electron chi connectivity index (χ4n) is 0.208. The Morgan fingerprint density at radius 2 is 2.12 bits per heavy atom. The SMILES string of the molecule is CN(C)C=CC(=O)Cl. The van der Waals surface area contributed by atoms with Gasteiger partial charge >= 0.3 is 0 Å². The highest BCUT2D eigenvalue weighted by atomic mass is 35.5. The minimum absolute atomic E-state index is 0.446. The Kier molecular flexibility index (Phi) is 3.28. The topological polar surface area (TPSA) is 20.3 Å². The molecule has 0 aliphatic rings. The zero-order chi connectivity index (χ0) is 6.57. The average Bonchev–Trinajstić information content (AvgIpc) is 1.61. The molecule has 0 aromatic rings. The van der Waals surface area contributed by atoms with Gasteiger partial charge in [-0.2, -0.15) is 0 Å². The molecule has 0 unspecified atom stereocenters. The predicted molar refractivity (Wildman–Crippen MR) is 33.7 cm³/mol.